The van der Waals surface area contributed by atoms with Gasteiger partial charge >= 0.3 is 5.69 Å². The fraction of sp³-hybridized carbons (Fsp3) is 0.364. The van der Waals surface area contributed by atoms with Crippen LogP contribution in [0.15, 0.2) is 16.6 Å². The molecule has 0 unspecified atom stereocenters. The summed E-state index contributed by atoms with van der Waals surface area (Å²) in [5.74, 6) is 0.275. The predicted octanol–water partition coefficient (Wildman–Crippen LogP) is 1.51. The van der Waals surface area contributed by atoms with Gasteiger partial charge < -0.3 is 9.84 Å². The van der Waals surface area contributed by atoms with Crippen LogP contribution in [0.4, 0.5) is 5.69 Å². The van der Waals surface area contributed by atoms with Crippen molar-refractivity contribution in [2.24, 2.45) is 7.05 Å². The first-order chi connectivity index (χ1) is 9.88. The van der Waals surface area contributed by atoms with Crippen LogP contribution in [0.2, 0.25) is 0 Å². The van der Waals surface area contributed by atoms with Crippen LogP contribution >= 0.6 is 15.9 Å². The lowest BCUT2D eigenvalue weighted by Gasteiger charge is -2.13. The van der Waals surface area contributed by atoms with Crippen LogP contribution in [0.1, 0.15) is 24.4 Å². The molecule has 1 aromatic heterocycles. The molecule has 0 fully saturated rings. The zero-order chi connectivity index (χ0) is 15.6. The lowest BCUT2D eigenvalue weighted by atomic mass is 10.1. The highest BCUT2D eigenvalue weighted by Crippen LogP contribution is 2.38. The molecule has 1 atom stereocenters. The summed E-state index contributed by atoms with van der Waals surface area (Å²) < 4.78 is 5.93. The van der Waals surface area contributed by atoms with Gasteiger partial charge in [-0.25, -0.2) is 0 Å². The van der Waals surface area contributed by atoms with Gasteiger partial charge in [0.1, 0.15) is 0 Å². The third kappa shape index (κ3) is 3.52. The highest BCUT2D eigenvalue weighted by molar-refractivity contribution is 9.10. The van der Waals surface area contributed by atoms with Crippen LogP contribution in [-0.2, 0) is 13.7 Å². The van der Waals surface area contributed by atoms with Crippen LogP contribution in [0.5, 0.6) is 5.75 Å². The second-order valence-corrected chi connectivity index (χ2v) is 5.18. The lowest BCUT2D eigenvalue weighted by Crippen LogP contribution is -2.06. The van der Waals surface area contributed by atoms with Gasteiger partial charge in [0, 0.05) is 16.1 Å². The van der Waals surface area contributed by atoms with Crippen molar-refractivity contribution < 1.29 is 14.8 Å². The number of ether oxygens (including phenoxy) is 1. The van der Waals surface area contributed by atoms with Crippen molar-refractivity contribution >= 4 is 21.6 Å². The Morgan fingerprint density at radius 1 is 1.57 bits per heavy atom. The van der Waals surface area contributed by atoms with E-state index in [1.807, 2.05) is 0 Å². The number of nitrogens with zero attached hydrogens (tertiary/aromatic N) is 5. The first-order valence-corrected chi connectivity index (χ1v) is 6.69. The van der Waals surface area contributed by atoms with E-state index in [0.29, 0.717) is 10.0 Å². The lowest BCUT2D eigenvalue weighted by molar-refractivity contribution is -0.386. The first-order valence-electron chi connectivity index (χ1n) is 5.90. The number of nitro groups is 1. The summed E-state index contributed by atoms with van der Waals surface area (Å²) >= 11 is 3.17. The summed E-state index contributed by atoms with van der Waals surface area (Å²) in [6, 6.07) is 2.88. The number of aryl methyl sites for hydroxylation is 1. The summed E-state index contributed by atoms with van der Waals surface area (Å²) in [6.45, 7) is 1.41. The van der Waals surface area contributed by atoms with Crippen molar-refractivity contribution in [3.05, 3.63) is 38.1 Å². The largest absolute Gasteiger partial charge is 0.478 e. The quantitative estimate of drug-likeness (QED) is 0.636. The molecule has 21 heavy (non-hydrogen) atoms. The Hall–Kier alpha value is -2.07. The summed E-state index contributed by atoms with van der Waals surface area (Å²) in [5.41, 5.74) is 0.0594. The maximum atomic E-state index is 11.1. The number of aliphatic hydroxyl groups is 1. The molecule has 9 nitrogen and oxygen atoms in total. The summed E-state index contributed by atoms with van der Waals surface area (Å²) in [5, 5.41) is 32.2. The average molecular weight is 358 g/mol. The monoisotopic (exact) mass is 357 g/mol. The van der Waals surface area contributed by atoms with Gasteiger partial charge in [0.15, 0.2) is 6.61 Å². The Kier molecular flexibility index (Phi) is 4.48. The minimum absolute atomic E-state index is 0.00865. The minimum Gasteiger partial charge on any atom is -0.478 e. The number of hydrogen-bond donors (Lipinski definition) is 1. The Labute approximate surface area is 127 Å². The fourth-order valence-corrected chi connectivity index (χ4v) is 2.18. The number of aromatic nitrogens is 4. The van der Waals surface area contributed by atoms with E-state index in [-0.39, 0.29) is 23.9 Å². The maximum Gasteiger partial charge on any atom is 0.312 e. The van der Waals surface area contributed by atoms with Gasteiger partial charge in [0.05, 0.1) is 18.1 Å². The van der Waals surface area contributed by atoms with E-state index in [9.17, 15) is 15.2 Å². The standard InChI is InChI=1S/C11H12BrN5O4/c1-6(18)8-3-7(12)4-9(17(19)20)11(8)21-5-10-13-15-16(2)14-10/h3-4,6,18H,5H2,1-2H3/t6-/m1/s1. The molecule has 10 heteroatoms. The van der Waals surface area contributed by atoms with E-state index >= 15 is 0 Å². The van der Waals surface area contributed by atoms with Gasteiger partial charge in [-0.2, -0.15) is 4.80 Å². The highest BCUT2D eigenvalue weighted by atomic mass is 79.9. The van der Waals surface area contributed by atoms with Crippen LogP contribution < -0.4 is 4.74 Å². The molecule has 0 aliphatic carbocycles. The number of hydrogen-bond acceptors (Lipinski definition) is 7. The number of tetrazole rings is 1. The van der Waals surface area contributed by atoms with Crippen molar-refractivity contribution in [1.29, 1.82) is 0 Å². The zero-order valence-electron chi connectivity index (χ0n) is 11.2. The van der Waals surface area contributed by atoms with E-state index in [2.05, 4.69) is 31.3 Å². The van der Waals surface area contributed by atoms with Crippen molar-refractivity contribution in [2.75, 3.05) is 0 Å². The molecule has 0 aliphatic rings. The number of halogens is 1. The topological polar surface area (TPSA) is 116 Å². The maximum absolute atomic E-state index is 11.1. The van der Waals surface area contributed by atoms with Crippen LogP contribution in [-0.4, -0.2) is 30.2 Å². The van der Waals surface area contributed by atoms with Crippen molar-refractivity contribution in [3.8, 4) is 5.75 Å². The minimum atomic E-state index is -0.925. The van der Waals surface area contributed by atoms with Crippen molar-refractivity contribution in [3.63, 3.8) is 0 Å². The molecule has 0 saturated heterocycles. The van der Waals surface area contributed by atoms with Crippen LogP contribution in [0.3, 0.4) is 0 Å². The average Bonchev–Trinajstić information content (AvgIpc) is 2.81. The molecule has 1 N–H and O–H groups in total. The van der Waals surface area contributed by atoms with Crippen LogP contribution in [0, 0.1) is 10.1 Å². The molecule has 2 rings (SSSR count). The zero-order valence-corrected chi connectivity index (χ0v) is 12.8. The third-order valence-corrected chi connectivity index (χ3v) is 3.06. The molecule has 112 valence electrons. The molecule has 0 bridgehead atoms. The molecule has 0 amide bonds. The second kappa shape index (κ2) is 6.14. The molecule has 0 spiro atoms. The van der Waals surface area contributed by atoms with Gasteiger partial charge in [-0.05, 0) is 18.2 Å². The number of nitro benzene ring substituents is 1. The van der Waals surface area contributed by atoms with Gasteiger partial charge in [-0.3, -0.25) is 10.1 Å². The van der Waals surface area contributed by atoms with E-state index in [0.717, 1.165) is 0 Å². The Balaban J connectivity index is 2.37. The third-order valence-electron chi connectivity index (χ3n) is 2.60. The number of benzene rings is 1. The molecular weight excluding hydrogens is 346 g/mol. The van der Waals surface area contributed by atoms with Gasteiger partial charge in [-0.15, -0.1) is 10.2 Å². The molecule has 1 aromatic carbocycles. The van der Waals surface area contributed by atoms with Gasteiger partial charge in [-0.1, -0.05) is 15.9 Å². The number of aliphatic hydroxyl groups excluding tert-OH is 1. The fourth-order valence-electron chi connectivity index (χ4n) is 1.72. The van der Waals surface area contributed by atoms with Crippen molar-refractivity contribution in [1.82, 2.24) is 20.2 Å². The summed E-state index contributed by atoms with van der Waals surface area (Å²) in [6.07, 6.45) is -0.925. The smallest absolute Gasteiger partial charge is 0.312 e. The molecule has 1 heterocycles. The molecular formula is C11H12BrN5O4. The molecule has 0 saturated carbocycles. The summed E-state index contributed by atoms with van der Waals surface area (Å²) in [4.78, 5) is 11.8. The highest BCUT2D eigenvalue weighted by Gasteiger charge is 2.23. The predicted molar refractivity (Wildman–Crippen MR) is 74.6 cm³/mol. The Bertz CT molecular complexity index is 673. The molecule has 2 aromatic rings. The van der Waals surface area contributed by atoms with E-state index < -0.39 is 11.0 Å². The van der Waals surface area contributed by atoms with Gasteiger partial charge in [0.25, 0.3) is 0 Å². The molecule has 0 radical (unpaired) electrons. The Morgan fingerprint density at radius 2 is 2.29 bits per heavy atom. The Morgan fingerprint density at radius 3 is 2.81 bits per heavy atom. The van der Waals surface area contributed by atoms with E-state index in [1.165, 1.54) is 17.8 Å². The van der Waals surface area contributed by atoms with E-state index in [1.54, 1.807) is 13.1 Å². The first kappa shape index (κ1) is 15.3. The van der Waals surface area contributed by atoms with Crippen molar-refractivity contribution in [2.45, 2.75) is 19.6 Å². The van der Waals surface area contributed by atoms with Crippen LogP contribution in [0.25, 0.3) is 0 Å². The second-order valence-electron chi connectivity index (χ2n) is 4.26. The SMILES string of the molecule is C[C@@H](O)c1cc(Br)cc([N+](=O)[O-])c1OCc1nnn(C)n1. The van der Waals surface area contributed by atoms with Gasteiger partial charge in [0.2, 0.25) is 11.6 Å². The van der Waals surface area contributed by atoms with E-state index in [4.69, 9.17) is 4.74 Å². The summed E-state index contributed by atoms with van der Waals surface area (Å²) in [7, 11) is 1.60. The number of rotatable bonds is 5. The normalized spacial score (nSPS) is 12.2. The molecule has 0 aliphatic heterocycles.